The van der Waals surface area contributed by atoms with Crippen LogP contribution in [0.1, 0.15) is 30.1 Å². The molecule has 0 atom stereocenters. The predicted octanol–water partition coefficient (Wildman–Crippen LogP) is 3.23. The van der Waals surface area contributed by atoms with Crippen molar-refractivity contribution in [3.05, 3.63) is 36.0 Å². The second kappa shape index (κ2) is 6.18. The summed E-state index contributed by atoms with van der Waals surface area (Å²) in [5, 5.41) is 5.12. The number of anilines is 1. The van der Waals surface area contributed by atoms with Gasteiger partial charge in [-0.05, 0) is 6.42 Å². The summed E-state index contributed by atoms with van der Waals surface area (Å²) < 4.78 is 4.78. The van der Waals surface area contributed by atoms with Crippen molar-refractivity contribution in [2.75, 3.05) is 19.0 Å². The molecule has 100 valence electrons. The van der Waals surface area contributed by atoms with Gasteiger partial charge in [0.15, 0.2) is 0 Å². The zero-order valence-electron chi connectivity index (χ0n) is 11.3. The van der Waals surface area contributed by atoms with E-state index in [2.05, 4.69) is 17.2 Å². The van der Waals surface area contributed by atoms with Crippen molar-refractivity contribution in [2.24, 2.45) is 0 Å². The van der Waals surface area contributed by atoms with E-state index in [0.717, 1.165) is 36.0 Å². The van der Waals surface area contributed by atoms with Crippen LogP contribution in [0.4, 0.5) is 5.82 Å². The highest BCUT2D eigenvalue weighted by Crippen LogP contribution is 2.24. The van der Waals surface area contributed by atoms with E-state index in [-0.39, 0.29) is 5.97 Å². The van der Waals surface area contributed by atoms with E-state index in [0.29, 0.717) is 5.56 Å². The first-order valence-corrected chi connectivity index (χ1v) is 6.47. The van der Waals surface area contributed by atoms with Gasteiger partial charge in [0.05, 0.1) is 12.7 Å². The molecule has 2 rings (SSSR count). The van der Waals surface area contributed by atoms with Crippen LogP contribution in [0.15, 0.2) is 30.5 Å². The van der Waals surface area contributed by atoms with Gasteiger partial charge in [-0.15, -0.1) is 0 Å². The van der Waals surface area contributed by atoms with Crippen molar-refractivity contribution in [2.45, 2.75) is 19.8 Å². The van der Waals surface area contributed by atoms with Crippen LogP contribution in [0, 0.1) is 0 Å². The number of carbonyl (C=O) groups excluding carboxylic acids is 1. The second-order valence-corrected chi connectivity index (χ2v) is 4.34. The average Bonchev–Trinajstić information content (AvgIpc) is 2.47. The summed E-state index contributed by atoms with van der Waals surface area (Å²) >= 11 is 0. The number of hydrogen-bond acceptors (Lipinski definition) is 4. The number of rotatable bonds is 5. The number of methoxy groups -OCH3 is 1. The monoisotopic (exact) mass is 258 g/mol. The van der Waals surface area contributed by atoms with E-state index in [1.165, 1.54) is 7.11 Å². The SMILES string of the molecule is CCCCNc1ncc(C(=O)OC)c2ccccc12. The van der Waals surface area contributed by atoms with E-state index in [1.54, 1.807) is 6.20 Å². The molecule has 0 aliphatic carbocycles. The Morgan fingerprint density at radius 1 is 1.32 bits per heavy atom. The van der Waals surface area contributed by atoms with Crippen LogP contribution in [0.2, 0.25) is 0 Å². The number of esters is 1. The lowest BCUT2D eigenvalue weighted by Gasteiger charge is -2.10. The Hall–Kier alpha value is -2.10. The topological polar surface area (TPSA) is 51.2 Å². The molecule has 2 aromatic rings. The Morgan fingerprint density at radius 2 is 2.05 bits per heavy atom. The summed E-state index contributed by atoms with van der Waals surface area (Å²) in [4.78, 5) is 16.1. The van der Waals surface area contributed by atoms with Crippen molar-refractivity contribution in [1.29, 1.82) is 0 Å². The first kappa shape index (κ1) is 13.3. The Morgan fingerprint density at radius 3 is 2.74 bits per heavy atom. The minimum atomic E-state index is -0.358. The number of nitrogens with one attached hydrogen (secondary N) is 1. The van der Waals surface area contributed by atoms with Crippen LogP contribution in [-0.2, 0) is 4.74 Å². The number of ether oxygens (including phenoxy) is 1. The fraction of sp³-hybridized carbons (Fsp3) is 0.333. The molecule has 1 aromatic heterocycles. The van der Waals surface area contributed by atoms with E-state index in [1.807, 2.05) is 24.3 Å². The fourth-order valence-corrected chi connectivity index (χ4v) is 1.99. The molecule has 1 aromatic carbocycles. The molecule has 0 saturated heterocycles. The molecule has 0 fully saturated rings. The summed E-state index contributed by atoms with van der Waals surface area (Å²) in [6.45, 7) is 3.03. The third kappa shape index (κ3) is 2.84. The number of fused-ring (bicyclic) bond motifs is 1. The number of pyridine rings is 1. The van der Waals surface area contributed by atoms with Crippen LogP contribution in [0.25, 0.3) is 10.8 Å². The number of carbonyl (C=O) groups is 1. The third-order valence-electron chi connectivity index (χ3n) is 3.02. The predicted molar refractivity (Wildman–Crippen MR) is 76.5 cm³/mol. The average molecular weight is 258 g/mol. The zero-order valence-corrected chi connectivity index (χ0v) is 11.3. The van der Waals surface area contributed by atoms with Crippen LogP contribution in [-0.4, -0.2) is 24.6 Å². The van der Waals surface area contributed by atoms with Gasteiger partial charge in [0.25, 0.3) is 0 Å². The molecule has 0 bridgehead atoms. The van der Waals surface area contributed by atoms with E-state index >= 15 is 0 Å². The molecule has 0 spiro atoms. The van der Waals surface area contributed by atoms with Crippen molar-refractivity contribution in [3.63, 3.8) is 0 Å². The summed E-state index contributed by atoms with van der Waals surface area (Å²) in [6, 6.07) is 7.72. The number of hydrogen-bond donors (Lipinski definition) is 1. The molecule has 19 heavy (non-hydrogen) atoms. The van der Waals surface area contributed by atoms with Crippen molar-refractivity contribution >= 4 is 22.6 Å². The molecule has 0 radical (unpaired) electrons. The summed E-state index contributed by atoms with van der Waals surface area (Å²) in [5.74, 6) is 0.459. The van der Waals surface area contributed by atoms with Crippen molar-refractivity contribution in [1.82, 2.24) is 4.98 Å². The first-order chi connectivity index (χ1) is 9.27. The molecule has 0 aliphatic rings. The first-order valence-electron chi connectivity index (χ1n) is 6.47. The fourth-order valence-electron chi connectivity index (χ4n) is 1.99. The van der Waals surface area contributed by atoms with Crippen molar-refractivity contribution in [3.8, 4) is 0 Å². The normalized spacial score (nSPS) is 10.4. The summed E-state index contributed by atoms with van der Waals surface area (Å²) in [7, 11) is 1.38. The molecule has 0 amide bonds. The van der Waals surface area contributed by atoms with Gasteiger partial charge in [-0.25, -0.2) is 9.78 Å². The molecule has 0 aliphatic heterocycles. The Bertz CT molecular complexity index is 581. The van der Waals surface area contributed by atoms with Gasteiger partial charge in [-0.2, -0.15) is 0 Å². The van der Waals surface area contributed by atoms with Gasteiger partial charge in [-0.3, -0.25) is 0 Å². The number of unbranched alkanes of at least 4 members (excludes halogenated alkanes) is 1. The van der Waals surface area contributed by atoms with E-state index in [9.17, 15) is 4.79 Å². The van der Waals surface area contributed by atoms with Gasteiger partial charge < -0.3 is 10.1 Å². The molecule has 1 N–H and O–H groups in total. The van der Waals surface area contributed by atoms with Crippen LogP contribution < -0.4 is 5.32 Å². The highest BCUT2D eigenvalue weighted by Gasteiger charge is 2.13. The third-order valence-corrected chi connectivity index (χ3v) is 3.02. The van der Waals surface area contributed by atoms with Crippen LogP contribution >= 0.6 is 0 Å². The molecular formula is C15H18N2O2. The number of nitrogens with zero attached hydrogens (tertiary/aromatic N) is 1. The molecule has 0 saturated carbocycles. The summed E-state index contributed by atoms with van der Waals surface area (Å²) in [5.41, 5.74) is 0.499. The minimum absolute atomic E-state index is 0.358. The maximum absolute atomic E-state index is 11.7. The lowest BCUT2D eigenvalue weighted by atomic mass is 10.1. The van der Waals surface area contributed by atoms with Crippen LogP contribution in [0.3, 0.4) is 0 Å². The van der Waals surface area contributed by atoms with Gasteiger partial charge in [0.1, 0.15) is 5.82 Å². The molecule has 4 heteroatoms. The van der Waals surface area contributed by atoms with Gasteiger partial charge in [0.2, 0.25) is 0 Å². The number of benzene rings is 1. The van der Waals surface area contributed by atoms with E-state index < -0.39 is 0 Å². The second-order valence-electron chi connectivity index (χ2n) is 4.34. The summed E-state index contributed by atoms with van der Waals surface area (Å²) in [6.07, 6.45) is 3.79. The van der Waals surface area contributed by atoms with Crippen LogP contribution in [0.5, 0.6) is 0 Å². The Labute approximate surface area is 112 Å². The lowest BCUT2D eigenvalue weighted by Crippen LogP contribution is -2.07. The van der Waals surface area contributed by atoms with Gasteiger partial charge in [0, 0.05) is 23.5 Å². The van der Waals surface area contributed by atoms with E-state index in [4.69, 9.17) is 4.74 Å². The highest BCUT2D eigenvalue weighted by atomic mass is 16.5. The lowest BCUT2D eigenvalue weighted by molar-refractivity contribution is 0.0602. The largest absolute Gasteiger partial charge is 0.465 e. The zero-order chi connectivity index (χ0) is 13.7. The minimum Gasteiger partial charge on any atom is -0.465 e. The Balaban J connectivity index is 2.43. The highest BCUT2D eigenvalue weighted by molar-refractivity contribution is 6.07. The van der Waals surface area contributed by atoms with Gasteiger partial charge in [-0.1, -0.05) is 37.6 Å². The Kier molecular flexibility index (Phi) is 4.34. The number of aromatic nitrogens is 1. The standard InChI is InChI=1S/C15H18N2O2/c1-3-4-9-16-14-12-8-6-5-7-11(12)13(10-17-14)15(18)19-2/h5-8,10H,3-4,9H2,1-2H3,(H,16,17). The molecular weight excluding hydrogens is 240 g/mol. The van der Waals surface area contributed by atoms with Gasteiger partial charge >= 0.3 is 5.97 Å². The maximum Gasteiger partial charge on any atom is 0.340 e. The molecule has 0 unspecified atom stereocenters. The quantitative estimate of drug-likeness (QED) is 0.660. The molecule has 1 heterocycles. The smallest absolute Gasteiger partial charge is 0.340 e. The van der Waals surface area contributed by atoms with Crippen molar-refractivity contribution < 1.29 is 9.53 Å². The maximum atomic E-state index is 11.7. The molecule has 4 nitrogen and oxygen atoms in total.